The van der Waals surface area contributed by atoms with Crippen LogP contribution in [0.4, 0.5) is 5.69 Å². The third kappa shape index (κ3) is 1.71. The SMILES string of the molecule is C=CC[C@H]1N(c2ccccc2)C(=O)[C@H]2[C@@H](C(=O)O)[C@@H]3C=C[C@@]21O3. The predicted octanol–water partition coefficient (Wildman–Crippen LogP) is 2.00. The highest BCUT2D eigenvalue weighted by Gasteiger charge is 2.71. The van der Waals surface area contributed by atoms with Gasteiger partial charge in [0.2, 0.25) is 5.91 Å². The monoisotopic (exact) mass is 311 g/mol. The Bertz CT molecular complexity index is 713. The first-order valence-corrected chi connectivity index (χ1v) is 7.69. The van der Waals surface area contributed by atoms with Crippen LogP contribution in [-0.4, -0.2) is 34.7 Å². The Balaban J connectivity index is 1.85. The molecule has 3 heterocycles. The van der Waals surface area contributed by atoms with Crippen molar-refractivity contribution in [2.45, 2.75) is 24.2 Å². The van der Waals surface area contributed by atoms with Gasteiger partial charge in [0.15, 0.2) is 0 Å². The van der Waals surface area contributed by atoms with E-state index in [-0.39, 0.29) is 11.9 Å². The lowest BCUT2D eigenvalue weighted by atomic mass is 9.74. The summed E-state index contributed by atoms with van der Waals surface area (Å²) in [5, 5.41) is 9.57. The van der Waals surface area contributed by atoms with Gasteiger partial charge in [-0.15, -0.1) is 6.58 Å². The summed E-state index contributed by atoms with van der Waals surface area (Å²) in [5.74, 6) is -2.66. The normalized spacial score (nSPS) is 37.2. The number of ether oxygens (including phenoxy) is 1. The van der Waals surface area contributed by atoms with Gasteiger partial charge in [-0.2, -0.15) is 0 Å². The summed E-state index contributed by atoms with van der Waals surface area (Å²) in [4.78, 5) is 26.5. The number of aliphatic carboxylic acids is 1. The molecule has 0 aliphatic carbocycles. The molecule has 118 valence electrons. The number of para-hydroxylation sites is 1. The molecule has 3 aliphatic rings. The summed E-state index contributed by atoms with van der Waals surface area (Å²) in [6.45, 7) is 3.79. The molecule has 1 N–H and O–H groups in total. The Morgan fingerprint density at radius 1 is 1.39 bits per heavy atom. The van der Waals surface area contributed by atoms with Crippen LogP contribution in [-0.2, 0) is 14.3 Å². The van der Waals surface area contributed by atoms with Crippen molar-refractivity contribution in [1.82, 2.24) is 0 Å². The van der Waals surface area contributed by atoms with Gasteiger partial charge in [0.05, 0.1) is 18.1 Å². The molecule has 4 rings (SSSR count). The molecule has 2 fully saturated rings. The van der Waals surface area contributed by atoms with E-state index in [1.807, 2.05) is 36.4 Å². The van der Waals surface area contributed by atoms with Gasteiger partial charge in [-0.05, 0) is 18.6 Å². The van der Waals surface area contributed by atoms with E-state index < -0.39 is 29.5 Å². The van der Waals surface area contributed by atoms with Crippen molar-refractivity contribution in [3.05, 3.63) is 55.1 Å². The molecule has 5 atom stereocenters. The number of carboxylic acids is 1. The highest BCUT2D eigenvalue weighted by atomic mass is 16.5. The van der Waals surface area contributed by atoms with Crippen molar-refractivity contribution >= 4 is 17.6 Å². The average molecular weight is 311 g/mol. The fourth-order valence-electron chi connectivity index (χ4n) is 4.27. The average Bonchev–Trinajstić information content (AvgIpc) is 3.18. The topological polar surface area (TPSA) is 66.8 Å². The fraction of sp³-hybridized carbons (Fsp3) is 0.333. The van der Waals surface area contributed by atoms with Crippen LogP contribution in [0.15, 0.2) is 55.1 Å². The number of carbonyl (C=O) groups excluding carboxylic acids is 1. The second-order valence-electron chi connectivity index (χ2n) is 6.22. The number of rotatable bonds is 4. The molecule has 1 aromatic carbocycles. The van der Waals surface area contributed by atoms with Gasteiger partial charge < -0.3 is 14.7 Å². The molecule has 1 spiro atoms. The fourth-order valence-corrected chi connectivity index (χ4v) is 4.27. The molecular weight excluding hydrogens is 294 g/mol. The zero-order valence-corrected chi connectivity index (χ0v) is 12.5. The van der Waals surface area contributed by atoms with Crippen LogP contribution in [0.25, 0.3) is 0 Å². The largest absolute Gasteiger partial charge is 0.481 e. The minimum absolute atomic E-state index is 0.178. The number of anilines is 1. The minimum atomic E-state index is -0.980. The van der Waals surface area contributed by atoms with Gasteiger partial charge in [-0.25, -0.2) is 0 Å². The van der Waals surface area contributed by atoms with Crippen molar-refractivity contribution in [2.24, 2.45) is 11.8 Å². The molecule has 5 heteroatoms. The van der Waals surface area contributed by atoms with Crippen LogP contribution in [0.2, 0.25) is 0 Å². The zero-order valence-electron chi connectivity index (χ0n) is 12.5. The zero-order chi connectivity index (χ0) is 16.2. The predicted molar refractivity (Wildman–Crippen MR) is 83.9 cm³/mol. The maximum atomic E-state index is 13.1. The van der Waals surface area contributed by atoms with Crippen molar-refractivity contribution in [1.29, 1.82) is 0 Å². The molecule has 0 saturated carbocycles. The summed E-state index contributed by atoms with van der Waals surface area (Å²) >= 11 is 0. The number of carboxylic acid groups (broad SMARTS) is 1. The summed E-state index contributed by atoms with van der Waals surface area (Å²) < 4.78 is 6.04. The van der Waals surface area contributed by atoms with E-state index >= 15 is 0 Å². The van der Waals surface area contributed by atoms with E-state index in [0.717, 1.165) is 5.69 Å². The standard InChI is InChI=1S/C18H17NO4/c1-2-6-13-18-10-9-12(23-18)14(17(21)22)15(18)16(20)19(13)11-7-4-3-5-8-11/h2-5,7-10,12-15H,1,6H2,(H,21,22)/t12-,13+,14-,15+,18-/m0/s1. The number of benzene rings is 1. The van der Waals surface area contributed by atoms with Gasteiger partial charge in [-0.1, -0.05) is 36.4 Å². The Hall–Kier alpha value is -2.40. The first-order chi connectivity index (χ1) is 11.1. The van der Waals surface area contributed by atoms with Crippen LogP contribution in [0.1, 0.15) is 6.42 Å². The molecule has 0 aromatic heterocycles. The molecule has 0 unspecified atom stereocenters. The van der Waals surface area contributed by atoms with Crippen LogP contribution in [0, 0.1) is 11.8 Å². The van der Waals surface area contributed by atoms with Crippen molar-refractivity contribution < 1.29 is 19.4 Å². The van der Waals surface area contributed by atoms with Gasteiger partial charge in [0.1, 0.15) is 11.5 Å². The van der Waals surface area contributed by atoms with Crippen LogP contribution in [0.5, 0.6) is 0 Å². The highest BCUT2D eigenvalue weighted by molar-refractivity contribution is 6.03. The number of nitrogens with zero attached hydrogens (tertiary/aromatic N) is 1. The quantitative estimate of drug-likeness (QED) is 0.864. The molecule has 1 amide bonds. The Labute approximate surface area is 133 Å². The van der Waals surface area contributed by atoms with E-state index in [1.54, 1.807) is 17.1 Å². The van der Waals surface area contributed by atoms with E-state index in [9.17, 15) is 14.7 Å². The second kappa shape index (κ2) is 4.80. The van der Waals surface area contributed by atoms with Crippen LogP contribution < -0.4 is 4.90 Å². The third-order valence-corrected chi connectivity index (χ3v) is 5.13. The second-order valence-corrected chi connectivity index (χ2v) is 6.22. The molecular formula is C18H17NO4. The van der Waals surface area contributed by atoms with Crippen molar-refractivity contribution in [3.8, 4) is 0 Å². The minimum Gasteiger partial charge on any atom is -0.481 e. The van der Waals surface area contributed by atoms with E-state index in [4.69, 9.17) is 4.74 Å². The Morgan fingerprint density at radius 2 is 2.13 bits per heavy atom. The van der Waals surface area contributed by atoms with Gasteiger partial charge >= 0.3 is 5.97 Å². The lowest BCUT2D eigenvalue weighted by Crippen LogP contribution is -2.45. The summed E-state index contributed by atoms with van der Waals surface area (Å²) in [6.07, 6.45) is 5.44. The number of amides is 1. The Morgan fingerprint density at radius 3 is 2.78 bits per heavy atom. The maximum Gasteiger partial charge on any atom is 0.310 e. The van der Waals surface area contributed by atoms with Crippen LogP contribution in [0.3, 0.4) is 0 Å². The third-order valence-electron chi connectivity index (χ3n) is 5.13. The smallest absolute Gasteiger partial charge is 0.310 e. The molecule has 2 bridgehead atoms. The van der Waals surface area contributed by atoms with Gasteiger partial charge in [-0.3, -0.25) is 9.59 Å². The maximum absolute atomic E-state index is 13.1. The molecule has 1 aromatic rings. The number of fused-ring (bicyclic) bond motifs is 1. The molecule has 3 aliphatic heterocycles. The summed E-state index contributed by atoms with van der Waals surface area (Å²) in [6, 6.07) is 9.05. The van der Waals surface area contributed by atoms with Gasteiger partial charge in [0, 0.05) is 5.69 Å². The lowest BCUT2D eigenvalue weighted by molar-refractivity contribution is -0.146. The molecule has 0 radical (unpaired) electrons. The van der Waals surface area contributed by atoms with E-state index in [0.29, 0.717) is 6.42 Å². The number of carbonyl (C=O) groups is 2. The summed E-state index contributed by atoms with van der Waals surface area (Å²) in [5.41, 5.74) is -0.104. The first kappa shape index (κ1) is 14.2. The number of hydrogen-bond acceptors (Lipinski definition) is 3. The van der Waals surface area contributed by atoms with Gasteiger partial charge in [0.25, 0.3) is 0 Å². The number of hydrogen-bond donors (Lipinski definition) is 1. The van der Waals surface area contributed by atoms with E-state index in [1.165, 1.54) is 0 Å². The Kier molecular flexibility index (Phi) is 2.96. The summed E-state index contributed by atoms with van der Waals surface area (Å²) in [7, 11) is 0. The van der Waals surface area contributed by atoms with Crippen molar-refractivity contribution in [2.75, 3.05) is 4.90 Å². The first-order valence-electron chi connectivity index (χ1n) is 7.69. The molecule has 2 saturated heterocycles. The molecule has 5 nitrogen and oxygen atoms in total. The van der Waals surface area contributed by atoms with Crippen molar-refractivity contribution in [3.63, 3.8) is 0 Å². The lowest BCUT2D eigenvalue weighted by Gasteiger charge is -2.32. The molecule has 23 heavy (non-hydrogen) atoms. The van der Waals surface area contributed by atoms with E-state index in [2.05, 4.69) is 6.58 Å². The highest BCUT2D eigenvalue weighted by Crippen LogP contribution is 2.56. The van der Waals surface area contributed by atoms with Crippen LogP contribution >= 0.6 is 0 Å².